The fourth-order valence-electron chi connectivity index (χ4n) is 1.34. The van der Waals surface area contributed by atoms with Crippen molar-refractivity contribution >= 4 is 5.78 Å². The number of hydrogen-bond acceptors (Lipinski definition) is 1. The Morgan fingerprint density at radius 3 is 2.18 bits per heavy atom. The number of carbonyl (C=O) groups excluding carboxylic acids is 1. The summed E-state index contributed by atoms with van der Waals surface area (Å²) in [4.78, 5) is 11.4. The molecule has 0 bridgehead atoms. The lowest BCUT2D eigenvalue weighted by Crippen LogP contribution is -2.02. The van der Waals surface area contributed by atoms with E-state index >= 15 is 0 Å². The first-order chi connectivity index (χ1) is 4.93. The van der Waals surface area contributed by atoms with Crippen LogP contribution < -0.4 is 0 Å². The Hall–Kier alpha value is -0.590. The molecule has 1 unspecified atom stereocenters. The van der Waals surface area contributed by atoms with Crippen LogP contribution in [0.4, 0.5) is 0 Å². The van der Waals surface area contributed by atoms with Crippen molar-refractivity contribution in [2.24, 2.45) is 11.3 Å². The molecule has 0 heterocycles. The number of allylic oxidation sites excluding steroid dienone is 2. The molecule has 1 aliphatic rings. The second-order valence-corrected chi connectivity index (χ2v) is 4.37. The summed E-state index contributed by atoms with van der Waals surface area (Å²) in [5.41, 5.74) is 1.39. The Morgan fingerprint density at radius 1 is 1.45 bits per heavy atom. The highest BCUT2D eigenvalue weighted by Gasteiger charge is 2.49. The molecule has 0 amide bonds. The number of carbonyl (C=O) groups is 1. The Morgan fingerprint density at radius 2 is 1.91 bits per heavy atom. The van der Waals surface area contributed by atoms with Gasteiger partial charge >= 0.3 is 0 Å². The van der Waals surface area contributed by atoms with Crippen molar-refractivity contribution in [1.82, 2.24) is 0 Å². The molecule has 0 radical (unpaired) electrons. The third-order valence-corrected chi connectivity index (χ3v) is 2.29. The van der Waals surface area contributed by atoms with E-state index in [1.165, 1.54) is 0 Å². The van der Waals surface area contributed by atoms with E-state index in [2.05, 4.69) is 13.8 Å². The van der Waals surface area contributed by atoms with Gasteiger partial charge in [0.25, 0.3) is 0 Å². The van der Waals surface area contributed by atoms with Gasteiger partial charge in [0.05, 0.1) is 0 Å². The van der Waals surface area contributed by atoms with Crippen LogP contribution in [0.1, 0.15) is 34.1 Å². The van der Waals surface area contributed by atoms with Crippen LogP contribution in [0, 0.1) is 11.3 Å². The first kappa shape index (κ1) is 8.51. The Labute approximate surface area is 68.5 Å². The summed E-state index contributed by atoms with van der Waals surface area (Å²) >= 11 is 0. The quantitative estimate of drug-likeness (QED) is 0.556. The lowest BCUT2D eigenvalue weighted by molar-refractivity contribution is -0.116. The normalized spacial score (nSPS) is 26.0. The topological polar surface area (TPSA) is 17.1 Å². The average molecular weight is 152 g/mol. The summed E-state index contributed by atoms with van der Waals surface area (Å²) in [6, 6.07) is 0. The molecule has 0 aromatic carbocycles. The van der Waals surface area contributed by atoms with E-state index < -0.39 is 0 Å². The first-order valence-electron chi connectivity index (χ1n) is 4.12. The largest absolute Gasteiger partial charge is 0.295 e. The molecular weight excluding hydrogens is 136 g/mol. The molecule has 0 aliphatic heterocycles. The highest BCUT2D eigenvalue weighted by Crippen LogP contribution is 2.52. The van der Waals surface area contributed by atoms with Crippen molar-refractivity contribution in [1.29, 1.82) is 0 Å². The predicted octanol–water partition coefficient (Wildman–Crippen LogP) is 2.57. The molecule has 1 aliphatic carbocycles. The minimum atomic E-state index is 0.281. The average Bonchev–Trinajstić information content (AvgIpc) is 2.38. The summed E-state index contributed by atoms with van der Waals surface area (Å²) < 4.78 is 0. The molecule has 11 heavy (non-hydrogen) atoms. The monoisotopic (exact) mass is 152 g/mol. The molecule has 62 valence electrons. The van der Waals surface area contributed by atoms with Crippen LogP contribution in [0.15, 0.2) is 11.6 Å². The molecule has 1 heteroatoms. The van der Waals surface area contributed by atoms with Gasteiger partial charge in [-0.2, -0.15) is 0 Å². The minimum Gasteiger partial charge on any atom is -0.295 e. The highest BCUT2D eigenvalue weighted by molar-refractivity contribution is 5.94. The molecule has 0 N–H and O–H groups in total. The lowest BCUT2D eigenvalue weighted by atomic mass is 10.1. The van der Waals surface area contributed by atoms with Crippen LogP contribution in [0.2, 0.25) is 0 Å². The van der Waals surface area contributed by atoms with E-state index in [0.29, 0.717) is 11.7 Å². The van der Waals surface area contributed by atoms with E-state index in [1.807, 2.05) is 13.8 Å². The van der Waals surface area contributed by atoms with Crippen molar-refractivity contribution < 1.29 is 4.79 Å². The van der Waals surface area contributed by atoms with Gasteiger partial charge < -0.3 is 0 Å². The molecule has 0 aromatic rings. The van der Waals surface area contributed by atoms with E-state index in [9.17, 15) is 4.79 Å². The van der Waals surface area contributed by atoms with E-state index in [4.69, 9.17) is 0 Å². The van der Waals surface area contributed by atoms with Gasteiger partial charge in [-0.3, -0.25) is 4.79 Å². The number of rotatable bonds is 2. The molecular formula is C10H16O. The zero-order valence-electron chi connectivity index (χ0n) is 7.77. The zero-order chi connectivity index (χ0) is 8.65. The van der Waals surface area contributed by atoms with Gasteiger partial charge in [-0.1, -0.05) is 19.4 Å². The third kappa shape index (κ3) is 1.92. The SMILES string of the molecule is CC(C)=CC(=O)C1CC1(C)C. The van der Waals surface area contributed by atoms with Crippen LogP contribution in [0.3, 0.4) is 0 Å². The lowest BCUT2D eigenvalue weighted by Gasteiger charge is -1.98. The summed E-state index contributed by atoms with van der Waals surface area (Å²) in [7, 11) is 0. The maximum atomic E-state index is 11.4. The van der Waals surface area contributed by atoms with E-state index in [0.717, 1.165) is 12.0 Å². The molecule has 1 fully saturated rings. The van der Waals surface area contributed by atoms with Gasteiger partial charge in [0.2, 0.25) is 0 Å². The van der Waals surface area contributed by atoms with Gasteiger partial charge in [0.1, 0.15) is 0 Å². The molecule has 1 rings (SSSR count). The number of ketones is 1. The maximum absolute atomic E-state index is 11.4. The van der Waals surface area contributed by atoms with Crippen molar-refractivity contribution in [3.63, 3.8) is 0 Å². The highest BCUT2D eigenvalue weighted by atomic mass is 16.1. The van der Waals surface area contributed by atoms with Gasteiger partial charge in [-0.25, -0.2) is 0 Å². The van der Waals surface area contributed by atoms with Crippen LogP contribution in [-0.4, -0.2) is 5.78 Å². The second kappa shape index (κ2) is 2.47. The van der Waals surface area contributed by atoms with Crippen molar-refractivity contribution in [2.75, 3.05) is 0 Å². The second-order valence-electron chi connectivity index (χ2n) is 4.37. The summed E-state index contributed by atoms with van der Waals surface area (Å²) in [5.74, 6) is 0.618. The van der Waals surface area contributed by atoms with Crippen molar-refractivity contribution in [3.8, 4) is 0 Å². The molecule has 1 saturated carbocycles. The van der Waals surface area contributed by atoms with Gasteiger partial charge in [0, 0.05) is 5.92 Å². The zero-order valence-corrected chi connectivity index (χ0v) is 7.77. The van der Waals surface area contributed by atoms with Crippen LogP contribution in [-0.2, 0) is 4.79 Å². The summed E-state index contributed by atoms with van der Waals surface area (Å²) in [5, 5.41) is 0. The standard InChI is InChI=1S/C10H16O/c1-7(2)5-9(11)8-6-10(8,3)4/h5,8H,6H2,1-4H3. The van der Waals surface area contributed by atoms with Crippen molar-refractivity contribution in [3.05, 3.63) is 11.6 Å². The van der Waals surface area contributed by atoms with Gasteiger partial charge in [0.15, 0.2) is 5.78 Å². The number of hydrogen-bond donors (Lipinski definition) is 0. The molecule has 0 aromatic heterocycles. The maximum Gasteiger partial charge on any atom is 0.159 e. The van der Waals surface area contributed by atoms with E-state index in [1.54, 1.807) is 6.08 Å². The smallest absolute Gasteiger partial charge is 0.159 e. The Balaban J connectivity index is 2.54. The minimum absolute atomic E-state index is 0.281. The Bertz CT molecular complexity index is 207. The molecule has 0 spiro atoms. The summed E-state index contributed by atoms with van der Waals surface area (Å²) in [6.07, 6.45) is 2.83. The van der Waals surface area contributed by atoms with Gasteiger partial charge in [-0.15, -0.1) is 0 Å². The fourth-order valence-corrected chi connectivity index (χ4v) is 1.34. The molecule has 1 nitrogen and oxygen atoms in total. The van der Waals surface area contributed by atoms with Crippen LogP contribution >= 0.6 is 0 Å². The van der Waals surface area contributed by atoms with Crippen LogP contribution in [0.25, 0.3) is 0 Å². The first-order valence-corrected chi connectivity index (χ1v) is 4.12. The third-order valence-electron chi connectivity index (χ3n) is 2.29. The van der Waals surface area contributed by atoms with Crippen LogP contribution in [0.5, 0.6) is 0 Å². The van der Waals surface area contributed by atoms with E-state index in [-0.39, 0.29) is 5.41 Å². The fraction of sp³-hybridized carbons (Fsp3) is 0.700. The molecule has 0 saturated heterocycles. The molecule has 1 atom stereocenters. The van der Waals surface area contributed by atoms with Crippen molar-refractivity contribution in [2.45, 2.75) is 34.1 Å². The van der Waals surface area contributed by atoms with Gasteiger partial charge in [-0.05, 0) is 31.8 Å². The summed E-state index contributed by atoms with van der Waals surface area (Å²) in [6.45, 7) is 8.23. The Kier molecular flexibility index (Phi) is 1.91. The predicted molar refractivity (Wildman–Crippen MR) is 46.3 cm³/mol.